The largest absolute Gasteiger partial charge is 0.466 e. The molecule has 0 aliphatic carbocycles. The van der Waals surface area contributed by atoms with E-state index in [1.54, 1.807) is 35.0 Å². The number of aromatic nitrogens is 2. The molecule has 0 N–H and O–H groups in total. The van der Waals surface area contributed by atoms with E-state index < -0.39 is 6.04 Å². The maximum absolute atomic E-state index is 13.2. The van der Waals surface area contributed by atoms with Crippen LogP contribution in [-0.4, -0.2) is 46.3 Å². The smallest absolute Gasteiger partial charge is 0.310 e. The maximum atomic E-state index is 13.2. The van der Waals surface area contributed by atoms with Gasteiger partial charge in [0.1, 0.15) is 0 Å². The van der Waals surface area contributed by atoms with Crippen molar-refractivity contribution in [3.63, 3.8) is 0 Å². The number of hydrogen-bond donors (Lipinski definition) is 0. The second kappa shape index (κ2) is 7.96. The molecule has 1 amide bonds. The Labute approximate surface area is 147 Å². The molecule has 25 heavy (non-hydrogen) atoms. The third-order valence-corrected chi connectivity index (χ3v) is 4.49. The van der Waals surface area contributed by atoms with Gasteiger partial charge in [-0.1, -0.05) is 30.3 Å². The van der Waals surface area contributed by atoms with Crippen LogP contribution in [-0.2, 0) is 14.3 Å². The van der Waals surface area contributed by atoms with Crippen molar-refractivity contribution in [3.05, 3.63) is 54.4 Å². The van der Waals surface area contributed by atoms with Crippen LogP contribution in [0.4, 0.5) is 0 Å². The lowest BCUT2D eigenvalue weighted by Crippen LogP contribution is -2.46. The fourth-order valence-corrected chi connectivity index (χ4v) is 3.28. The van der Waals surface area contributed by atoms with E-state index >= 15 is 0 Å². The number of carbonyl (C=O) groups excluding carboxylic acids is 2. The van der Waals surface area contributed by atoms with E-state index in [1.165, 1.54) is 0 Å². The lowest BCUT2D eigenvalue weighted by molar-refractivity contribution is -0.151. The van der Waals surface area contributed by atoms with E-state index in [4.69, 9.17) is 4.74 Å². The fourth-order valence-electron chi connectivity index (χ4n) is 3.28. The molecule has 1 aliphatic rings. The highest BCUT2D eigenvalue weighted by Crippen LogP contribution is 2.25. The number of benzene rings is 1. The first-order valence-electron chi connectivity index (χ1n) is 8.70. The van der Waals surface area contributed by atoms with Gasteiger partial charge >= 0.3 is 5.97 Å². The van der Waals surface area contributed by atoms with Crippen molar-refractivity contribution in [1.82, 2.24) is 14.7 Å². The van der Waals surface area contributed by atoms with Gasteiger partial charge in [0, 0.05) is 25.5 Å². The second-order valence-electron chi connectivity index (χ2n) is 6.17. The van der Waals surface area contributed by atoms with Crippen LogP contribution < -0.4 is 0 Å². The molecular weight excluding hydrogens is 318 g/mol. The molecule has 2 heterocycles. The van der Waals surface area contributed by atoms with Crippen molar-refractivity contribution in [1.29, 1.82) is 0 Å². The van der Waals surface area contributed by atoms with E-state index in [1.807, 2.05) is 30.3 Å². The standard InChI is InChI=1S/C19H23N3O3/c1-2-25-19(24)16-10-6-12-21(14-16)18(23)17(22-13-7-11-20-22)15-8-4-3-5-9-15/h3-5,7-9,11,13,16-17H,2,6,10,12,14H2,1H3. The van der Waals surface area contributed by atoms with Crippen LogP contribution in [0, 0.1) is 5.92 Å². The topological polar surface area (TPSA) is 64.4 Å². The summed E-state index contributed by atoms with van der Waals surface area (Å²) in [5.74, 6) is -0.494. The molecule has 1 aromatic heterocycles. The van der Waals surface area contributed by atoms with Gasteiger partial charge in [0.2, 0.25) is 0 Å². The lowest BCUT2D eigenvalue weighted by atomic mass is 9.96. The van der Waals surface area contributed by atoms with Crippen LogP contribution in [0.25, 0.3) is 0 Å². The summed E-state index contributed by atoms with van der Waals surface area (Å²) >= 11 is 0. The van der Waals surface area contributed by atoms with E-state index in [0.29, 0.717) is 19.7 Å². The Morgan fingerprint density at radius 3 is 2.76 bits per heavy atom. The third-order valence-electron chi connectivity index (χ3n) is 4.49. The number of likely N-dealkylation sites (tertiary alicyclic amines) is 1. The molecule has 2 atom stereocenters. The Hall–Kier alpha value is -2.63. The highest BCUT2D eigenvalue weighted by Gasteiger charge is 2.34. The van der Waals surface area contributed by atoms with Crippen molar-refractivity contribution in [2.75, 3.05) is 19.7 Å². The Morgan fingerprint density at radius 2 is 2.08 bits per heavy atom. The molecule has 0 radical (unpaired) electrons. The zero-order chi connectivity index (χ0) is 17.6. The molecule has 132 valence electrons. The quantitative estimate of drug-likeness (QED) is 0.783. The normalized spacial score (nSPS) is 18.6. The summed E-state index contributed by atoms with van der Waals surface area (Å²) in [7, 11) is 0. The van der Waals surface area contributed by atoms with E-state index in [0.717, 1.165) is 18.4 Å². The van der Waals surface area contributed by atoms with Gasteiger partial charge in [-0.25, -0.2) is 0 Å². The van der Waals surface area contributed by atoms with Gasteiger partial charge in [0.25, 0.3) is 5.91 Å². The SMILES string of the molecule is CCOC(=O)C1CCCN(C(=O)C(c2ccccc2)n2cccn2)C1. The zero-order valence-corrected chi connectivity index (χ0v) is 14.4. The number of esters is 1. The summed E-state index contributed by atoms with van der Waals surface area (Å²) in [5.41, 5.74) is 0.884. The molecule has 0 saturated carbocycles. The average molecular weight is 341 g/mol. The number of ether oxygens (including phenoxy) is 1. The number of carbonyl (C=O) groups is 2. The first-order chi connectivity index (χ1) is 12.2. The zero-order valence-electron chi connectivity index (χ0n) is 14.4. The number of nitrogens with zero attached hydrogens (tertiary/aromatic N) is 3. The van der Waals surface area contributed by atoms with Crippen LogP contribution in [0.2, 0.25) is 0 Å². The first-order valence-corrected chi connectivity index (χ1v) is 8.70. The number of rotatable bonds is 5. The fraction of sp³-hybridized carbons (Fsp3) is 0.421. The van der Waals surface area contributed by atoms with Crippen LogP contribution >= 0.6 is 0 Å². The minimum atomic E-state index is -0.517. The highest BCUT2D eigenvalue weighted by atomic mass is 16.5. The van der Waals surface area contributed by atoms with Gasteiger partial charge in [-0.3, -0.25) is 14.3 Å². The van der Waals surface area contributed by atoms with Gasteiger partial charge < -0.3 is 9.64 Å². The van der Waals surface area contributed by atoms with Gasteiger partial charge in [0.05, 0.1) is 12.5 Å². The van der Waals surface area contributed by atoms with Gasteiger partial charge in [0.15, 0.2) is 6.04 Å². The van der Waals surface area contributed by atoms with E-state index in [2.05, 4.69) is 5.10 Å². The van der Waals surface area contributed by atoms with Gasteiger partial charge in [-0.2, -0.15) is 5.10 Å². The molecule has 0 spiro atoms. The molecule has 1 aromatic carbocycles. The summed E-state index contributed by atoms with van der Waals surface area (Å²) in [5, 5.41) is 4.27. The molecule has 1 saturated heterocycles. The molecule has 1 aliphatic heterocycles. The molecule has 0 bridgehead atoms. The number of amides is 1. The molecule has 6 heteroatoms. The molecular formula is C19H23N3O3. The average Bonchev–Trinajstić information content (AvgIpc) is 3.17. The predicted octanol–water partition coefficient (Wildman–Crippen LogP) is 2.27. The van der Waals surface area contributed by atoms with E-state index in [9.17, 15) is 9.59 Å². The van der Waals surface area contributed by atoms with E-state index in [-0.39, 0.29) is 17.8 Å². The van der Waals surface area contributed by atoms with Crippen molar-refractivity contribution in [2.45, 2.75) is 25.8 Å². The highest BCUT2D eigenvalue weighted by molar-refractivity contribution is 5.84. The molecule has 2 unspecified atom stereocenters. The van der Waals surface area contributed by atoms with Crippen molar-refractivity contribution >= 4 is 11.9 Å². The Bertz CT molecular complexity index is 700. The minimum absolute atomic E-state index is 0.0381. The number of hydrogen-bond acceptors (Lipinski definition) is 4. The second-order valence-corrected chi connectivity index (χ2v) is 6.17. The Kier molecular flexibility index (Phi) is 5.48. The lowest BCUT2D eigenvalue weighted by Gasteiger charge is -2.34. The van der Waals surface area contributed by atoms with Crippen molar-refractivity contribution in [2.24, 2.45) is 5.92 Å². The summed E-state index contributed by atoms with van der Waals surface area (Å²) < 4.78 is 6.80. The van der Waals surface area contributed by atoms with Crippen LogP contribution in [0.5, 0.6) is 0 Å². The maximum Gasteiger partial charge on any atom is 0.310 e. The molecule has 3 rings (SSSR count). The minimum Gasteiger partial charge on any atom is -0.466 e. The molecule has 6 nitrogen and oxygen atoms in total. The summed E-state index contributed by atoms with van der Waals surface area (Å²) in [4.78, 5) is 27.1. The van der Waals surface area contributed by atoms with Crippen molar-refractivity contribution in [3.8, 4) is 0 Å². The van der Waals surface area contributed by atoms with Crippen molar-refractivity contribution < 1.29 is 14.3 Å². The van der Waals surface area contributed by atoms with Gasteiger partial charge in [-0.15, -0.1) is 0 Å². The monoisotopic (exact) mass is 341 g/mol. The summed E-state index contributed by atoms with van der Waals surface area (Å²) in [6, 6.07) is 10.9. The summed E-state index contributed by atoms with van der Waals surface area (Å²) in [6.45, 7) is 3.22. The third kappa shape index (κ3) is 3.90. The Balaban J connectivity index is 1.82. The Morgan fingerprint density at radius 1 is 1.28 bits per heavy atom. The van der Waals surface area contributed by atoms with Gasteiger partial charge in [-0.05, 0) is 31.4 Å². The molecule has 1 fully saturated rings. The first kappa shape index (κ1) is 17.2. The predicted molar refractivity (Wildman–Crippen MR) is 92.7 cm³/mol. The van der Waals surface area contributed by atoms with Crippen LogP contribution in [0.15, 0.2) is 48.8 Å². The molecule has 2 aromatic rings. The van der Waals surface area contributed by atoms with Crippen LogP contribution in [0.3, 0.4) is 0 Å². The number of piperidine rings is 1. The summed E-state index contributed by atoms with van der Waals surface area (Å²) in [6.07, 6.45) is 5.03. The van der Waals surface area contributed by atoms with Crippen LogP contribution in [0.1, 0.15) is 31.4 Å².